The smallest absolute Gasteiger partial charge is 0.857 e. The molecule has 0 radical (unpaired) electrons. The third-order valence-electron chi connectivity index (χ3n) is 0.940. The minimum Gasteiger partial charge on any atom is -0.857 e. The summed E-state index contributed by atoms with van der Waals surface area (Å²) >= 11 is 0. The number of rotatable bonds is 0. The van der Waals surface area contributed by atoms with E-state index in [1.54, 1.807) is 0 Å². The fourth-order valence-corrected chi connectivity index (χ4v) is 0.534. The van der Waals surface area contributed by atoms with Crippen molar-refractivity contribution in [2.75, 3.05) is 14.2 Å². The molecule has 0 spiro atoms. The molecule has 0 aliphatic rings. The van der Waals surface area contributed by atoms with Crippen LogP contribution in [0, 0.1) is 6.92 Å². The van der Waals surface area contributed by atoms with Gasteiger partial charge in [0.1, 0.15) is 0 Å². The van der Waals surface area contributed by atoms with E-state index in [1.165, 1.54) is 5.56 Å². The molecule has 0 bridgehead atoms. The zero-order valence-electron chi connectivity index (χ0n) is 8.24. The molecule has 1 N–H and O–H groups in total. The van der Waals surface area contributed by atoms with Crippen molar-refractivity contribution < 1.29 is 61.6 Å². The molecular formula is C9H15KO2. The number of aryl methyl sites for hydroxylation is 1. The number of hydrogen-bond donors (Lipinski definition) is 1. The van der Waals surface area contributed by atoms with Crippen molar-refractivity contribution in [2.24, 2.45) is 0 Å². The van der Waals surface area contributed by atoms with Gasteiger partial charge in [0.25, 0.3) is 0 Å². The Balaban J connectivity index is -0.000000144. The summed E-state index contributed by atoms with van der Waals surface area (Å²) in [5, 5.41) is 15.2. The molecule has 12 heavy (non-hydrogen) atoms. The second kappa shape index (κ2) is 17.8. The van der Waals surface area contributed by atoms with E-state index in [0.29, 0.717) is 0 Å². The van der Waals surface area contributed by atoms with Gasteiger partial charge in [-0.05, 0) is 6.92 Å². The Labute approximate surface area is 117 Å². The normalized spacial score (nSPS) is 6.08. The molecule has 0 atom stereocenters. The van der Waals surface area contributed by atoms with Crippen LogP contribution in [-0.4, -0.2) is 19.3 Å². The van der Waals surface area contributed by atoms with E-state index in [-0.39, 0.29) is 51.4 Å². The molecule has 1 aromatic carbocycles. The molecule has 1 rings (SSSR count). The zero-order chi connectivity index (χ0) is 9.11. The fourth-order valence-electron chi connectivity index (χ4n) is 0.534. The van der Waals surface area contributed by atoms with Crippen molar-refractivity contribution in [2.45, 2.75) is 6.92 Å². The Morgan fingerprint density at radius 2 is 1.33 bits per heavy atom. The van der Waals surface area contributed by atoms with E-state index in [0.717, 1.165) is 14.2 Å². The Morgan fingerprint density at radius 3 is 1.50 bits per heavy atom. The molecule has 0 aromatic heterocycles. The molecular weight excluding hydrogens is 179 g/mol. The van der Waals surface area contributed by atoms with Crippen LogP contribution in [-0.2, 0) is 0 Å². The van der Waals surface area contributed by atoms with Crippen LogP contribution in [0.3, 0.4) is 0 Å². The minimum atomic E-state index is 0. The predicted octanol–water partition coefficient (Wildman–Crippen LogP) is -2.42. The van der Waals surface area contributed by atoms with Gasteiger partial charge in [-0.2, -0.15) is 7.11 Å². The maximum atomic E-state index is 8.25. The third-order valence-corrected chi connectivity index (χ3v) is 0.940. The Bertz CT molecular complexity index is 142. The van der Waals surface area contributed by atoms with Gasteiger partial charge in [0.15, 0.2) is 0 Å². The molecule has 0 aliphatic carbocycles. The summed E-state index contributed by atoms with van der Waals surface area (Å²) in [5.74, 6) is 0. The standard InChI is InChI=1S/C7H8.CH4O.CH3O.K/c1-7-5-3-2-4-6-7;2*1-2;/h2-6H,1H3;2H,1H3;1H3;/q;;-1;+1. The van der Waals surface area contributed by atoms with Crippen molar-refractivity contribution in [3.05, 3.63) is 35.9 Å². The van der Waals surface area contributed by atoms with Crippen molar-refractivity contribution >= 4 is 0 Å². The summed E-state index contributed by atoms with van der Waals surface area (Å²) in [7, 11) is 1.75. The van der Waals surface area contributed by atoms with E-state index < -0.39 is 0 Å². The number of aliphatic hydroxyl groups is 1. The Hall–Kier alpha value is 0.776. The first-order valence-electron chi connectivity index (χ1n) is 3.27. The molecule has 2 nitrogen and oxygen atoms in total. The van der Waals surface area contributed by atoms with Crippen molar-refractivity contribution in [3.8, 4) is 0 Å². The third kappa shape index (κ3) is 13.4. The van der Waals surface area contributed by atoms with Gasteiger partial charge >= 0.3 is 51.4 Å². The molecule has 0 aliphatic heterocycles. The molecule has 1 aromatic rings. The molecule has 3 heteroatoms. The first kappa shape index (κ1) is 18.5. The van der Waals surface area contributed by atoms with Gasteiger partial charge in [-0.1, -0.05) is 35.9 Å². The van der Waals surface area contributed by atoms with Crippen molar-refractivity contribution in [1.82, 2.24) is 0 Å². The summed E-state index contributed by atoms with van der Waals surface area (Å²) in [6.45, 7) is 2.08. The molecule has 0 amide bonds. The van der Waals surface area contributed by atoms with E-state index >= 15 is 0 Å². The van der Waals surface area contributed by atoms with Crippen LogP contribution >= 0.6 is 0 Å². The van der Waals surface area contributed by atoms with Crippen LogP contribution in [0.15, 0.2) is 30.3 Å². The topological polar surface area (TPSA) is 43.3 Å². The summed E-state index contributed by atoms with van der Waals surface area (Å²) in [6, 6.07) is 10.3. The quantitative estimate of drug-likeness (QED) is 0.467. The van der Waals surface area contributed by atoms with Gasteiger partial charge in [0.05, 0.1) is 0 Å². The van der Waals surface area contributed by atoms with Crippen LogP contribution in [0.25, 0.3) is 0 Å². The van der Waals surface area contributed by atoms with E-state index in [9.17, 15) is 0 Å². The van der Waals surface area contributed by atoms with Gasteiger partial charge in [0, 0.05) is 7.11 Å². The maximum Gasteiger partial charge on any atom is 1.00 e. The van der Waals surface area contributed by atoms with Gasteiger partial charge in [0.2, 0.25) is 0 Å². The fraction of sp³-hybridized carbons (Fsp3) is 0.333. The number of benzene rings is 1. The average Bonchev–Trinajstić information content (AvgIpc) is 2.13. The van der Waals surface area contributed by atoms with Gasteiger partial charge in [-0.25, -0.2) is 0 Å². The van der Waals surface area contributed by atoms with Crippen LogP contribution in [0.1, 0.15) is 5.56 Å². The van der Waals surface area contributed by atoms with Crippen LogP contribution in [0.2, 0.25) is 0 Å². The molecule has 0 saturated heterocycles. The van der Waals surface area contributed by atoms with E-state index in [4.69, 9.17) is 10.2 Å². The van der Waals surface area contributed by atoms with Gasteiger partial charge < -0.3 is 10.2 Å². The second-order valence-electron chi connectivity index (χ2n) is 1.65. The molecule has 0 saturated carbocycles. The first-order chi connectivity index (χ1) is 5.39. The predicted molar refractivity (Wildman–Crippen MR) is 45.2 cm³/mol. The summed E-state index contributed by atoms with van der Waals surface area (Å²) in [4.78, 5) is 0. The van der Waals surface area contributed by atoms with Gasteiger partial charge in [-0.15, -0.1) is 0 Å². The number of hydrogen-bond acceptors (Lipinski definition) is 2. The summed E-state index contributed by atoms with van der Waals surface area (Å²) in [5.41, 5.74) is 1.32. The monoisotopic (exact) mass is 194 g/mol. The zero-order valence-corrected chi connectivity index (χ0v) is 11.4. The van der Waals surface area contributed by atoms with Crippen LogP contribution in [0.5, 0.6) is 0 Å². The first-order valence-corrected chi connectivity index (χ1v) is 3.27. The minimum absolute atomic E-state index is 0. The Morgan fingerprint density at radius 1 is 1.00 bits per heavy atom. The second-order valence-corrected chi connectivity index (χ2v) is 1.65. The summed E-state index contributed by atoms with van der Waals surface area (Å²) in [6.07, 6.45) is 0. The largest absolute Gasteiger partial charge is 1.00 e. The van der Waals surface area contributed by atoms with Crippen LogP contribution in [0.4, 0.5) is 0 Å². The molecule has 0 fully saturated rings. The average molecular weight is 194 g/mol. The molecule has 0 heterocycles. The molecule has 0 unspecified atom stereocenters. The van der Waals surface area contributed by atoms with E-state index in [2.05, 4.69) is 19.1 Å². The van der Waals surface area contributed by atoms with Crippen molar-refractivity contribution in [3.63, 3.8) is 0 Å². The maximum absolute atomic E-state index is 8.25. The SMILES string of the molecule is CO.C[O-].Cc1ccccc1.[K+]. The Kier molecular flexibility index (Phi) is 27.4. The van der Waals surface area contributed by atoms with Crippen LogP contribution < -0.4 is 56.5 Å². The van der Waals surface area contributed by atoms with Crippen molar-refractivity contribution in [1.29, 1.82) is 0 Å². The molecule has 64 valence electrons. The van der Waals surface area contributed by atoms with Gasteiger partial charge in [-0.3, -0.25) is 0 Å². The van der Waals surface area contributed by atoms with E-state index in [1.807, 2.05) is 18.2 Å². The number of aliphatic hydroxyl groups excluding tert-OH is 1. The summed E-state index contributed by atoms with van der Waals surface area (Å²) < 4.78 is 0.